The van der Waals surface area contributed by atoms with Crippen LogP contribution >= 0.6 is 0 Å². The summed E-state index contributed by atoms with van der Waals surface area (Å²) in [6.07, 6.45) is -0.708. The van der Waals surface area contributed by atoms with Gasteiger partial charge in [-0.25, -0.2) is 0 Å². The molecule has 0 saturated heterocycles. The Morgan fingerprint density at radius 2 is 1.59 bits per heavy atom. The Balaban J connectivity index is 1.74. The lowest BCUT2D eigenvalue weighted by Gasteiger charge is -2.13. The molecule has 110 valence electrons. The summed E-state index contributed by atoms with van der Waals surface area (Å²) in [4.78, 5) is 12.4. The van der Waals surface area contributed by atoms with Gasteiger partial charge in [0.25, 0.3) is 5.91 Å². The van der Waals surface area contributed by atoms with Crippen molar-refractivity contribution in [1.82, 2.24) is 5.32 Å². The molecule has 0 heterocycles. The molecule has 0 aliphatic heterocycles. The number of aliphatic hydroxyl groups is 1. The number of carbonyl (C=O) groups excluding carboxylic acids is 1. The van der Waals surface area contributed by atoms with Gasteiger partial charge in [-0.05, 0) is 22.4 Å². The van der Waals surface area contributed by atoms with Gasteiger partial charge in [-0.1, -0.05) is 66.7 Å². The summed E-state index contributed by atoms with van der Waals surface area (Å²) in [5.41, 5.74) is 1.42. The van der Waals surface area contributed by atoms with Crippen molar-refractivity contribution in [1.29, 1.82) is 0 Å². The zero-order valence-corrected chi connectivity index (χ0v) is 12.1. The number of aliphatic hydroxyl groups excluding tert-OH is 1. The quantitative estimate of drug-likeness (QED) is 0.775. The van der Waals surface area contributed by atoms with Crippen molar-refractivity contribution in [3.05, 3.63) is 83.9 Å². The summed E-state index contributed by atoms with van der Waals surface area (Å²) in [5, 5.41) is 14.9. The number of nitrogens with one attached hydrogen (secondary N) is 1. The maximum Gasteiger partial charge on any atom is 0.252 e. The molecule has 3 nitrogen and oxygen atoms in total. The van der Waals surface area contributed by atoms with Crippen LogP contribution in [0.3, 0.4) is 0 Å². The molecule has 0 aliphatic carbocycles. The van der Waals surface area contributed by atoms with Crippen LogP contribution < -0.4 is 5.32 Å². The van der Waals surface area contributed by atoms with Gasteiger partial charge in [-0.3, -0.25) is 4.79 Å². The summed E-state index contributed by atoms with van der Waals surface area (Å²) >= 11 is 0. The van der Waals surface area contributed by atoms with Crippen LogP contribution in [-0.4, -0.2) is 17.6 Å². The van der Waals surface area contributed by atoms with Crippen LogP contribution in [0.15, 0.2) is 72.8 Å². The molecule has 0 aliphatic rings. The van der Waals surface area contributed by atoms with Crippen molar-refractivity contribution >= 4 is 16.7 Å². The molecule has 22 heavy (non-hydrogen) atoms. The first-order valence-corrected chi connectivity index (χ1v) is 7.24. The molecule has 2 N–H and O–H groups in total. The molecule has 0 bridgehead atoms. The summed E-state index contributed by atoms with van der Waals surface area (Å²) in [7, 11) is 0. The lowest BCUT2D eigenvalue weighted by Crippen LogP contribution is -2.28. The Labute approximate surface area is 129 Å². The van der Waals surface area contributed by atoms with Crippen molar-refractivity contribution in [2.75, 3.05) is 6.54 Å². The van der Waals surface area contributed by atoms with Gasteiger partial charge in [0, 0.05) is 12.1 Å². The van der Waals surface area contributed by atoms with Crippen molar-refractivity contribution < 1.29 is 9.90 Å². The SMILES string of the molecule is O=C(NCC(O)c1ccccc1)c1cccc2ccccc12. The molecule has 3 heteroatoms. The van der Waals surface area contributed by atoms with Crippen LogP contribution in [0.2, 0.25) is 0 Å². The van der Waals surface area contributed by atoms with Crippen molar-refractivity contribution in [3.8, 4) is 0 Å². The first-order chi connectivity index (χ1) is 10.8. The Hall–Kier alpha value is -2.65. The number of rotatable bonds is 4. The first-order valence-electron chi connectivity index (χ1n) is 7.24. The van der Waals surface area contributed by atoms with E-state index in [1.165, 1.54) is 0 Å². The van der Waals surface area contributed by atoms with E-state index in [1.54, 1.807) is 6.07 Å². The van der Waals surface area contributed by atoms with E-state index in [4.69, 9.17) is 0 Å². The molecule has 1 amide bonds. The fourth-order valence-corrected chi connectivity index (χ4v) is 2.50. The Kier molecular flexibility index (Phi) is 4.17. The normalized spacial score (nSPS) is 12.0. The minimum Gasteiger partial charge on any atom is -0.387 e. The van der Waals surface area contributed by atoms with Gasteiger partial charge in [-0.15, -0.1) is 0 Å². The van der Waals surface area contributed by atoms with Gasteiger partial charge in [0.1, 0.15) is 0 Å². The van der Waals surface area contributed by atoms with E-state index in [9.17, 15) is 9.90 Å². The van der Waals surface area contributed by atoms with E-state index in [2.05, 4.69) is 5.32 Å². The molecule has 3 aromatic rings. The number of hydrogen-bond acceptors (Lipinski definition) is 2. The molecule has 0 radical (unpaired) electrons. The minimum absolute atomic E-state index is 0.174. The number of carbonyl (C=O) groups is 1. The van der Waals surface area contributed by atoms with Crippen LogP contribution in [0, 0.1) is 0 Å². The highest BCUT2D eigenvalue weighted by Crippen LogP contribution is 2.18. The average Bonchev–Trinajstić information content (AvgIpc) is 2.59. The van der Waals surface area contributed by atoms with Crippen molar-refractivity contribution in [3.63, 3.8) is 0 Å². The zero-order valence-electron chi connectivity index (χ0n) is 12.1. The summed E-state index contributed by atoms with van der Waals surface area (Å²) in [6.45, 7) is 0.187. The fourth-order valence-electron chi connectivity index (χ4n) is 2.50. The second-order valence-corrected chi connectivity index (χ2v) is 5.16. The molecule has 3 rings (SSSR count). The van der Waals surface area contributed by atoms with E-state index < -0.39 is 6.10 Å². The Bertz CT molecular complexity index is 778. The maximum atomic E-state index is 12.4. The summed E-state index contributed by atoms with van der Waals surface area (Å²) < 4.78 is 0. The Morgan fingerprint density at radius 3 is 2.41 bits per heavy atom. The second-order valence-electron chi connectivity index (χ2n) is 5.16. The third-order valence-electron chi connectivity index (χ3n) is 3.67. The standard InChI is InChI=1S/C19H17NO2/c21-18(15-8-2-1-3-9-15)13-20-19(22)17-12-6-10-14-7-4-5-11-16(14)17/h1-12,18,21H,13H2,(H,20,22). The van der Waals surface area contributed by atoms with E-state index >= 15 is 0 Å². The van der Waals surface area contributed by atoms with Crippen molar-refractivity contribution in [2.24, 2.45) is 0 Å². The third-order valence-corrected chi connectivity index (χ3v) is 3.67. The van der Waals surface area contributed by atoms with Crippen LogP contribution in [-0.2, 0) is 0 Å². The fraction of sp³-hybridized carbons (Fsp3) is 0.105. The van der Waals surface area contributed by atoms with Gasteiger partial charge in [0.05, 0.1) is 6.10 Å². The minimum atomic E-state index is -0.708. The molecule has 0 saturated carbocycles. The summed E-state index contributed by atoms with van der Waals surface area (Å²) in [6, 6.07) is 22.7. The molecule has 0 aromatic heterocycles. The second kappa shape index (κ2) is 6.41. The largest absolute Gasteiger partial charge is 0.387 e. The number of hydrogen-bond donors (Lipinski definition) is 2. The van der Waals surface area contributed by atoms with Gasteiger partial charge >= 0.3 is 0 Å². The highest BCUT2D eigenvalue weighted by molar-refractivity contribution is 6.06. The number of amides is 1. The number of benzene rings is 3. The lowest BCUT2D eigenvalue weighted by atomic mass is 10.0. The maximum absolute atomic E-state index is 12.4. The van der Waals surface area contributed by atoms with Gasteiger partial charge in [0.2, 0.25) is 0 Å². The van der Waals surface area contributed by atoms with Crippen LogP contribution in [0.1, 0.15) is 22.0 Å². The summed E-state index contributed by atoms with van der Waals surface area (Å²) in [5.74, 6) is -0.174. The predicted molar refractivity (Wildman–Crippen MR) is 87.7 cm³/mol. The molecule has 0 fully saturated rings. The molecule has 0 spiro atoms. The lowest BCUT2D eigenvalue weighted by molar-refractivity contribution is 0.0918. The average molecular weight is 291 g/mol. The Morgan fingerprint density at radius 1 is 0.909 bits per heavy atom. The highest BCUT2D eigenvalue weighted by atomic mass is 16.3. The van der Waals surface area contributed by atoms with E-state index in [0.717, 1.165) is 16.3 Å². The molecular weight excluding hydrogens is 274 g/mol. The highest BCUT2D eigenvalue weighted by Gasteiger charge is 2.12. The zero-order chi connectivity index (χ0) is 15.4. The molecular formula is C19H17NO2. The predicted octanol–water partition coefficient (Wildman–Crippen LogP) is 3.30. The topological polar surface area (TPSA) is 49.3 Å². The monoisotopic (exact) mass is 291 g/mol. The smallest absolute Gasteiger partial charge is 0.252 e. The van der Waals surface area contributed by atoms with E-state index in [-0.39, 0.29) is 12.5 Å². The molecule has 1 unspecified atom stereocenters. The van der Waals surface area contributed by atoms with Crippen LogP contribution in [0.4, 0.5) is 0 Å². The van der Waals surface area contributed by atoms with Crippen LogP contribution in [0.5, 0.6) is 0 Å². The van der Waals surface area contributed by atoms with Crippen LogP contribution in [0.25, 0.3) is 10.8 Å². The first kappa shape index (κ1) is 14.3. The van der Waals surface area contributed by atoms with Gasteiger partial charge in [-0.2, -0.15) is 0 Å². The van der Waals surface area contributed by atoms with E-state index in [0.29, 0.717) is 5.56 Å². The number of fused-ring (bicyclic) bond motifs is 1. The van der Waals surface area contributed by atoms with E-state index in [1.807, 2.05) is 66.7 Å². The van der Waals surface area contributed by atoms with Gasteiger partial charge in [0.15, 0.2) is 0 Å². The van der Waals surface area contributed by atoms with Crippen molar-refractivity contribution in [2.45, 2.75) is 6.10 Å². The third kappa shape index (κ3) is 3.00. The van der Waals surface area contributed by atoms with Gasteiger partial charge < -0.3 is 10.4 Å². The molecule has 3 aromatic carbocycles. The molecule has 1 atom stereocenters.